The lowest BCUT2D eigenvalue weighted by Gasteiger charge is -2.35. The number of nitrogens with one attached hydrogen (secondary N) is 6. The average molecular weight is 1130 g/mol. The molecule has 0 radical (unpaired) electrons. The molecule has 8 amide bonds. The van der Waals surface area contributed by atoms with Crippen molar-refractivity contribution in [1.82, 2.24) is 56.5 Å². The second-order valence-electron chi connectivity index (χ2n) is 20.1. The third kappa shape index (κ3) is 12.7. The van der Waals surface area contributed by atoms with Crippen molar-refractivity contribution in [1.29, 1.82) is 0 Å². The molecule has 77 heavy (non-hydrogen) atoms. The largest absolute Gasteiger partial charge is 0.368 e. The number of hydrogen-bond acceptors (Lipinski definition) is 15. The molecule has 2 fully saturated rings. The summed E-state index contributed by atoms with van der Waals surface area (Å²) in [5.74, 6) is -5.26. The Hall–Kier alpha value is -7.02. The number of aryl methyl sites for hydroxylation is 3. The number of thioether (sulfide) groups is 1. The second kappa shape index (κ2) is 23.7. The lowest BCUT2D eigenvalue weighted by Crippen LogP contribution is -2.58. The van der Waals surface area contributed by atoms with E-state index in [1.807, 2.05) is 37.5 Å². The van der Waals surface area contributed by atoms with Crippen molar-refractivity contribution in [3.05, 3.63) is 104 Å². The van der Waals surface area contributed by atoms with Crippen LogP contribution >= 0.6 is 46.0 Å². The summed E-state index contributed by atoms with van der Waals surface area (Å²) in [4.78, 5) is 124. The Balaban J connectivity index is 1.07. The summed E-state index contributed by atoms with van der Waals surface area (Å²) in [5.41, 5.74) is 11.9. The van der Waals surface area contributed by atoms with Gasteiger partial charge in [-0.1, -0.05) is 68.8 Å². The normalized spacial score (nSPS) is 22.1. The van der Waals surface area contributed by atoms with Gasteiger partial charge in [-0.25, -0.2) is 4.98 Å². The molecule has 21 nitrogen and oxygen atoms in total. The third-order valence-electron chi connectivity index (χ3n) is 13.5. The fourth-order valence-corrected chi connectivity index (χ4v) is 12.3. The van der Waals surface area contributed by atoms with Crippen molar-refractivity contribution in [2.24, 2.45) is 16.1 Å². The van der Waals surface area contributed by atoms with Crippen LogP contribution in [0.1, 0.15) is 96.6 Å². The molecular formula is C52H60ClN13O8S3. The van der Waals surface area contributed by atoms with Crippen LogP contribution in [-0.4, -0.2) is 133 Å². The molecule has 8 N–H and O–H groups in total. The van der Waals surface area contributed by atoms with Gasteiger partial charge in [0, 0.05) is 39.9 Å². The number of rotatable bonds is 8. The van der Waals surface area contributed by atoms with Gasteiger partial charge in [-0.2, -0.15) is 0 Å². The summed E-state index contributed by atoms with van der Waals surface area (Å²) in [7, 11) is 0. The van der Waals surface area contributed by atoms with E-state index < -0.39 is 102 Å². The topological polar surface area (TPSA) is 294 Å². The standard InChI is InChI=1S/C52H60ClN13O8S3/c1-25-27(3)77-51-40(25)41(29-14-16-32(53)17-15-29)59-33(46-64-63-28(4)66(46)51)19-37(67)55-20-34-47(71)60-35(45(54)70)22-75-23-39(69)61-44(52(5,6)7)50(74)65-18-8-9-36(65)48(72)62-42(49(73)56-21-38(68)58-34)30-10-12-31(13-11-30)43-26(2)57-24-76-43/h10-17,24,33-36,42,44H,8-9,18-23H2,1-7H3,(H2,54,70)(H,55,67)(H,56,73)(H,58,68)(H,60,71)(H,61,69)(H,62,72)/t33-,34-,35+,36-,42+,44+/m0/s1. The van der Waals surface area contributed by atoms with Crippen LogP contribution in [0.2, 0.25) is 5.02 Å². The monoisotopic (exact) mass is 1130 g/mol. The molecule has 8 rings (SSSR count). The van der Waals surface area contributed by atoms with Crippen molar-refractivity contribution in [2.75, 3.05) is 31.1 Å². The molecule has 6 heterocycles. The first-order valence-corrected chi connectivity index (χ1v) is 28.1. The smallest absolute Gasteiger partial charge is 0.247 e. The zero-order chi connectivity index (χ0) is 55.5. The van der Waals surface area contributed by atoms with E-state index in [9.17, 15) is 38.4 Å². The first kappa shape index (κ1) is 56.2. The highest BCUT2D eigenvalue weighted by Crippen LogP contribution is 2.40. The fraction of sp³-hybridized carbons (Fsp3) is 0.423. The maximum Gasteiger partial charge on any atom is 0.247 e. The minimum atomic E-state index is -1.55. The number of carbonyl (C=O) groups is 8. The molecule has 2 aromatic carbocycles. The number of primary amides is 1. The minimum absolute atomic E-state index is 0.188. The van der Waals surface area contributed by atoms with Gasteiger partial charge in [0.1, 0.15) is 47.1 Å². The number of fused-ring (bicyclic) bond motifs is 4. The van der Waals surface area contributed by atoms with Crippen LogP contribution in [0.5, 0.6) is 0 Å². The summed E-state index contributed by atoms with van der Waals surface area (Å²) in [6.45, 7) is 12.0. The predicted octanol–water partition coefficient (Wildman–Crippen LogP) is 3.44. The molecule has 406 valence electrons. The summed E-state index contributed by atoms with van der Waals surface area (Å²) >= 11 is 10.2. The zero-order valence-electron chi connectivity index (χ0n) is 43.4. The summed E-state index contributed by atoms with van der Waals surface area (Å²) in [6.07, 6.45) is 0.479. The number of nitrogens with zero attached hydrogens (tertiary/aromatic N) is 6. The van der Waals surface area contributed by atoms with E-state index in [0.717, 1.165) is 54.5 Å². The van der Waals surface area contributed by atoms with Crippen LogP contribution in [0, 0.1) is 33.1 Å². The van der Waals surface area contributed by atoms with Crippen LogP contribution in [0.4, 0.5) is 0 Å². The maximum absolute atomic E-state index is 14.4. The Morgan fingerprint density at radius 2 is 1.58 bits per heavy atom. The third-order valence-corrected chi connectivity index (χ3v) is 17.0. The Labute approximate surface area is 461 Å². The molecule has 3 aromatic heterocycles. The molecular weight excluding hydrogens is 1070 g/mol. The molecule has 0 saturated carbocycles. The number of carbonyl (C=O) groups excluding carboxylic acids is 8. The summed E-state index contributed by atoms with van der Waals surface area (Å²) in [5, 5.41) is 26.3. The van der Waals surface area contributed by atoms with E-state index in [1.165, 1.54) is 16.2 Å². The number of aliphatic imine (C=N–C) groups is 1. The number of benzene rings is 2. The van der Waals surface area contributed by atoms with Crippen molar-refractivity contribution in [3.8, 4) is 15.4 Å². The number of amides is 8. The second-order valence-corrected chi connectivity index (χ2v) is 23.6. The van der Waals surface area contributed by atoms with Gasteiger partial charge in [-0.05, 0) is 74.8 Å². The number of halogens is 1. The molecule has 2 saturated heterocycles. The van der Waals surface area contributed by atoms with Crippen molar-refractivity contribution >= 4 is 99.0 Å². The van der Waals surface area contributed by atoms with Gasteiger partial charge in [0.25, 0.3) is 0 Å². The van der Waals surface area contributed by atoms with E-state index in [1.54, 1.807) is 80.9 Å². The van der Waals surface area contributed by atoms with E-state index in [-0.39, 0.29) is 30.9 Å². The number of aromatic nitrogens is 4. The van der Waals surface area contributed by atoms with Gasteiger partial charge in [-0.3, -0.25) is 47.9 Å². The molecule has 0 aliphatic carbocycles. The van der Waals surface area contributed by atoms with Gasteiger partial charge in [0.15, 0.2) is 5.82 Å². The van der Waals surface area contributed by atoms with Gasteiger partial charge in [0.05, 0.1) is 40.5 Å². The molecule has 0 bridgehead atoms. The Bertz CT molecular complexity index is 3150. The number of hydrogen-bond donors (Lipinski definition) is 7. The first-order valence-electron chi connectivity index (χ1n) is 24.9. The lowest BCUT2D eigenvalue weighted by molar-refractivity contribution is -0.144. The van der Waals surface area contributed by atoms with E-state index in [4.69, 9.17) is 22.3 Å². The Morgan fingerprint density at radius 1 is 0.870 bits per heavy atom. The lowest BCUT2D eigenvalue weighted by atomic mass is 9.85. The van der Waals surface area contributed by atoms with Crippen LogP contribution in [0.25, 0.3) is 15.4 Å². The van der Waals surface area contributed by atoms with E-state index >= 15 is 0 Å². The SMILES string of the molecule is Cc1ncsc1-c1ccc([C@H]2NC(=O)[C@@H]3CCCN3C(=O)[C@H](C(C)(C)C)NC(=O)CSC[C@H](C(N)=O)NC(=O)[C@H](CNC(=O)C[C@@H]3N=C(c4ccc(Cl)cc4)c4c(sc(C)c4C)-n4c(C)nnc43)NC(=O)CNC2=O)cc1. The molecule has 5 aromatic rings. The van der Waals surface area contributed by atoms with E-state index in [2.05, 4.69) is 47.1 Å². The van der Waals surface area contributed by atoms with Gasteiger partial charge in [-0.15, -0.1) is 44.6 Å². The molecule has 6 atom stereocenters. The molecule has 25 heteroatoms. The molecule has 3 aliphatic rings. The minimum Gasteiger partial charge on any atom is -0.368 e. The van der Waals surface area contributed by atoms with Crippen LogP contribution in [-0.2, 0) is 38.4 Å². The quantitative estimate of drug-likeness (QED) is 0.118. The summed E-state index contributed by atoms with van der Waals surface area (Å²) < 4.78 is 1.88. The van der Waals surface area contributed by atoms with Crippen molar-refractivity contribution in [3.63, 3.8) is 0 Å². The Morgan fingerprint density at radius 3 is 2.26 bits per heavy atom. The van der Waals surface area contributed by atoms with Crippen LogP contribution in [0.3, 0.4) is 0 Å². The molecule has 0 unspecified atom stereocenters. The average Bonchev–Trinajstić information content (AvgIpc) is 4.24. The van der Waals surface area contributed by atoms with Gasteiger partial charge in [0.2, 0.25) is 47.3 Å². The van der Waals surface area contributed by atoms with Crippen LogP contribution in [0.15, 0.2) is 59.0 Å². The number of thiazole rings is 1. The van der Waals surface area contributed by atoms with Gasteiger partial charge >= 0.3 is 0 Å². The highest BCUT2D eigenvalue weighted by Gasteiger charge is 2.43. The maximum atomic E-state index is 14.4. The Kier molecular flexibility index (Phi) is 17.3. The number of nitrogens with two attached hydrogens (primary N) is 1. The van der Waals surface area contributed by atoms with Crippen molar-refractivity contribution < 1.29 is 38.4 Å². The highest BCUT2D eigenvalue weighted by molar-refractivity contribution is 8.00. The van der Waals surface area contributed by atoms with Gasteiger partial charge < -0.3 is 42.5 Å². The van der Waals surface area contributed by atoms with Crippen molar-refractivity contribution in [2.45, 2.75) is 104 Å². The summed E-state index contributed by atoms with van der Waals surface area (Å²) in [6, 6.07) is 6.86. The van der Waals surface area contributed by atoms with Crippen LogP contribution < -0.4 is 37.6 Å². The zero-order valence-corrected chi connectivity index (χ0v) is 46.7. The predicted molar refractivity (Wildman–Crippen MR) is 294 cm³/mol. The fourth-order valence-electron chi connectivity index (χ4n) is 9.32. The highest BCUT2D eigenvalue weighted by atomic mass is 35.5. The van der Waals surface area contributed by atoms with E-state index in [0.29, 0.717) is 34.4 Å². The first-order chi connectivity index (χ1) is 36.6. The molecule has 0 spiro atoms. The molecule has 3 aliphatic heterocycles. The number of thiophene rings is 1.